The van der Waals surface area contributed by atoms with Crippen LogP contribution >= 0.6 is 23.1 Å². The van der Waals surface area contributed by atoms with Crippen molar-refractivity contribution in [1.82, 2.24) is 15.2 Å². The number of nitrogens with one attached hydrogen (secondary N) is 1. The van der Waals surface area contributed by atoms with Gasteiger partial charge in [-0.3, -0.25) is 14.5 Å². The number of oxime groups is 1. The first kappa shape index (κ1) is 19.0. The van der Waals surface area contributed by atoms with Crippen molar-refractivity contribution in [2.24, 2.45) is 5.16 Å². The van der Waals surface area contributed by atoms with Crippen molar-refractivity contribution < 1.29 is 29.4 Å². The highest BCUT2D eigenvalue weighted by Crippen LogP contribution is 2.44. The number of anilines is 1. The Labute approximate surface area is 160 Å². The van der Waals surface area contributed by atoms with Crippen LogP contribution in [0.15, 0.2) is 22.0 Å². The highest BCUT2D eigenvalue weighted by Gasteiger charge is 2.56. The number of amides is 2. The average molecular weight is 413 g/mol. The number of hydrogen-bond acceptors (Lipinski definition) is 10. The van der Waals surface area contributed by atoms with E-state index in [1.54, 1.807) is 6.92 Å². The quantitative estimate of drug-likeness (QED) is 0.218. The number of carboxylic acids is 1. The van der Waals surface area contributed by atoms with Gasteiger partial charge >= 0.3 is 5.97 Å². The average Bonchev–Trinajstić information content (AvgIpc) is 3.05. The number of thiazole rings is 1. The number of ether oxygens (including phenoxy) is 1. The van der Waals surface area contributed by atoms with E-state index in [0.717, 1.165) is 16.2 Å². The zero-order valence-electron chi connectivity index (χ0n) is 14.1. The number of methoxy groups -OCH3 is 1. The number of nitrogens with two attached hydrogens (primary N) is 1. The summed E-state index contributed by atoms with van der Waals surface area (Å²) in [6.07, 6.45) is 0. The molecule has 2 unspecified atom stereocenters. The minimum atomic E-state index is -1.29. The standard InChI is InChI=1S/C14H15N5O6S2/c1-4-9(25-2)8(13(22)23)19-11(21)7(12(19)27-4)17-10(20)6(18-24)5-3-26-14(15)16-5/h3-4,7,12,24H,1-2H3,(H2,15,16)(H,17,20)(H,22,23)/b18-6-/t4?,7?,12-/m1/s1. The molecule has 1 saturated heterocycles. The Balaban J connectivity index is 1.81. The summed E-state index contributed by atoms with van der Waals surface area (Å²) >= 11 is 2.33. The lowest BCUT2D eigenvalue weighted by Gasteiger charge is -2.50. The number of carboxylic acid groups (broad SMARTS) is 1. The van der Waals surface area contributed by atoms with Gasteiger partial charge in [0.2, 0.25) is 0 Å². The number of hydrogen-bond donors (Lipinski definition) is 4. The summed E-state index contributed by atoms with van der Waals surface area (Å²) in [5.74, 6) is -2.54. The first-order valence-corrected chi connectivity index (χ1v) is 9.36. The predicted octanol–water partition coefficient (Wildman–Crippen LogP) is -0.365. The van der Waals surface area contributed by atoms with Crippen molar-refractivity contribution in [1.29, 1.82) is 0 Å². The van der Waals surface area contributed by atoms with Gasteiger partial charge < -0.3 is 26.1 Å². The molecule has 0 saturated carbocycles. The molecule has 2 aliphatic heterocycles. The second-order valence-corrected chi connectivity index (χ2v) is 7.92. The monoisotopic (exact) mass is 413 g/mol. The van der Waals surface area contributed by atoms with E-state index in [1.165, 1.54) is 24.3 Å². The molecule has 0 spiro atoms. The number of nitrogens with zero attached hydrogens (tertiary/aromatic N) is 3. The molecular weight excluding hydrogens is 398 g/mol. The van der Waals surface area contributed by atoms with E-state index >= 15 is 0 Å². The van der Waals surface area contributed by atoms with E-state index in [4.69, 9.17) is 15.7 Å². The zero-order valence-corrected chi connectivity index (χ0v) is 15.7. The summed E-state index contributed by atoms with van der Waals surface area (Å²) in [4.78, 5) is 41.4. The van der Waals surface area contributed by atoms with Crippen LogP contribution in [0.3, 0.4) is 0 Å². The van der Waals surface area contributed by atoms with Crippen LogP contribution < -0.4 is 11.1 Å². The van der Waals surface area contributed by atoms with Gasteiger partial charge in [-0.25, -0.2) is 9.78 Å². The molecule has 144 valence electrons. The molecular formula is C14H15N5O6S2. The van der Waals surface area contributed by atoms with Crippen molar-refractivity contribution in [3.63, 3.8) is 0 Å². The summed E-state index contributed by atoms with van der Waals surface area (Å²) in [6.45, 7) is 1.74. The van der Waals surface area contributed by atoms with Crippen molar-refractivity contribution in [2.75, 3.05) is 12.8 Å². The van der Waals surface area contributed by atoms with Crippen LogP contribution in [0, 0.1) is 0 Å². The van der Waals surface area contributed by atoms with Crippen LogP contribution in [0.25, 0.3) is 0 Å². The van der Waals surface area contributed by atoms with Gasteiger partial charge in [-0.1, -0.05) is 5.16 Å². The Morgan fingerprint density at radius 1 is 1.48 bits per heavy atom. The van der Waals surface area contributed by atoms with E-state index in [9.17, 15) is 19.5 Å². The number of nitrogen functional groups attached to an aromatic ring is 1. The lowest BCUT2D eigenvalue weighted by Crippen LogP contribution is -2.71. The smallest absolute Gasteiger partial charge is 0.356 e. The summed E-state index contributed by atoms with van der Waals surface area (Å²) in [6, 6.07) is -0.981. The van der Waals surface area contributed by atoms with Gasteiger partial charge in [0.15, 0.2) is 16.5 Å². The number of β-lactam (4-membered cyclic amide) rings is 1. The molecule has 0 bridgehead atoms. The highest BCUT2D eigenvalue weighted by molar-refractivity contribution is 8.00. The second kappa shape index (κ2) is 7.08. The first-order valence-electron chi connectivity index (χ1n) is 7.54. The van der Waals surface area contributed by atoms with Gasteiger partial charge in [0.25, 0.3) is 11.8 Å². The summed E-state index contributed by atoms with van der Waals surface area (Å²) < 4.78 is 5.14. The number of aliphatic carboxylic acids is 1. The summed E-state index contributed by atoms with van der Waals surface area (Å²) in [5, 5.41) is 24.6. The SMILES string of the molecule is COC1=C(C(=O)O)N2C(=O)C(NC(=O)/C(=N\O)c3csc(N)n3)[C@H]2SC1C. The number of carbonyl (C=O) groups is 3. The molecule has 0 aliphatic carbocycles. The van der Waals surface area contributed by atoms with Crippen LogP contribution in [0.2, 0.25) is 0 Å². The number of thioether (sulfide) groups is 1. The van der Waals surface area contributed by atoms with E-state index in [1.807, 2.05) is 0 Å². The molecule has 0 aromatic carbocycles. The second-order valence-electron chi connectivity index (χ2n) is 5.57. The normalized spacial score (nSPS) is 25.0. The van der Waals surface area contributed by atoms with Crippen LogP contribution in [-0.4, -0.2) is 67.5 Å². The molecule has 1 fully saturated rings. The Morgan fingerprint density at radius 2 is 2.19 bits per heavy atom. The molecule has 13 heteroatoms. The molecule has 11 nitrogen and oxygen atoms in total. The van der Waals surface area contributed by atoms with Crippen molar-refractivity contribution in [3.05, 3.63) is 22.5 Å². The van der Waals surface area contributed by atoms with E-state index < -0.39 is 34.9 Å². The lowest BCUT2D eigenvalue weighted by atomic mass is 10.0. The molecule has 3 rings (SSSR count). The number of aromatic nitrogens is 1. The fourth-order valence-corrected chi connectivity index (χ4v) is 4.82. The van der Waals surface area contributed by atoms with E-state index in [0.29, 0.717) is 0 Å². The fourth-order valence-electron chi connectivity index (χ4n) is 2.85. The molecule has 5 N–H and O–H groups in total. The topological polar surface area (TPSA) is 167 Å². The lowest BCUT2D eigenvalue weighted by molar-refractivity contribution is -0.150. The Bertz CT molecular complexity index is 881. The van der Waals surface area contributed by atoms with Gasteiger partial charge in [0.05, 0.1) is 12.4 Å². The predicted molar refractivity (Wildman–Crippen MR) is 96.1 cm³/mol. The minimum Gasteiger partial charge on any atom is -0.497 e. The number of fused-ring (bicyclic) bond motifs is 1. The molecule has 1 aromatic rings. The largest absolute Gasteiger partial charge is 0.497 e. The van der Waals surface area contributed by atoms with Gasteiger partial charge in [-0.05, 0) is 6.92 Å². The van der Waals surface area contributed by atoms with Crippen molar-refractivity contribution in [2.45, 2.75) is 23.6 Å². The van der Waals surface area contributed by atoms with Crippen LogP contribution in [0.4, 0.5) is 5.13 Å². The molecule has 3 atom stereocenters. The van der Waals surface area contributed by atoms with Gasteiger partial charge in [-0.15, -0.1) is 23.1 Å². The van der Waals surface area contributed by atoms with Crippen LogP contribution in [0.5, 0.6) is 0 Å². The Morgan fingerprint density at radius 3 is 2.70 bits per heavy atom. The van der Waals surface area contributed by atoms with Gasteiger partial charge in [0, 0.05) is 5.38 Å². The van der Waals surface area contributed by atoms with Crippen molar-refractivity contribution in [3.8, 4) is 0 Å². The Kier molecular flexibility index (Phi) is 4.97. The Hall–Kier alpha value is -2.80. The summed E-state index contributed by atoms with van der Waals surface area (Å²) in [5.41, 5.74) is 4.94. The maximum atomic E-state index is 12.5. The van der Waals surface area contributed by atoms with E-state index in [-0.39, 0.29) is 27.5 Å². The third kappa shape index (κ3) is 3.08. The van der Waals surface area contributed by atoms with Crippen LogP contribution in [0.1, 0.15) is 12.6 Å². The summed E-state index contributed by atoms with van der Waals surface area (Å²) in [7, 11) is 1.34. The third-order valence-electron chi connectivity index (χ3n) is 4.02. The minimum absolute atomic E-state index is 0.0681. The highest BCUT2D eigenvalue weighted by atomic mass is 32.2. The van der Waals surface area contributed by atoms with Gasteiger partial charge in [-0.2, -0.15) is 0 Å². The maximum absolute atomic E-state index is 12.5. The van der Waals surface area contributed by atoms with Gasteiger partial charge in [0.1, 0.15) is 22.9 Å². The van der Waals surface area contributed by atoms with Crippen LogP contribution in [-0.2, 0) is 19.1 Å². The molecule has 1 aromatic heterocycles. The number of rotatable bonds is 5. The van der Waals surface area contributed by atoms with Crippen molar-refractivity contribution >= 4 is 51.7 Å². The fraction of sp³-hybridized carbons (Fsp3) is 0.357. The van der Waals surface area contributed by atoms with E-state index in [2.05, 4.69) is 15.5 Å². The molecule has 0 radical (unpaired) electrons. The molecule has 27 heavy (non-hydrogen) atoms. The first-order chi connectivity index (χ1) is 12.8. The molecule has 2 aliphatic rings. The zero-order chi connectivity index (χ0) is 19.9. The number of carbonyl (C=O) groups excluding carboxylic acids is 2. The third-order valence-corrected chi connectivity index (χ3v) is 6.08. The maximum Gasteiger partial charge on any atom is 0.356 e. The molecule has 3 heterocycles. The molecule has 2 amide bonds.